The first-order valence-electron chi connectivity index (χ1n) is 6.81. The van der Waals surface area contributed by atoms with Gasteiger partial charge in [0, 0.05) is 6.07 Å². The number of nitrogens with zero attached hydrogens (tertiary/aromatic N) is 1. The first-order valence-corrected chi connectivity index (χ1v) is 6.81. The molecule has 0 heterocycles. The first-order chi connectivity index (χ1) is 11.0. The number of hydrogen-bond donors (Lipinski definition) is 2. The second kappa shape index (κ2) is 7.44. The number of hydrogen-bond acceptors (Lipinski definition) is 6. The van der Waals surface area contributed by atoms with Crippen LogP contribution in [-0.4, -0.2) is 34.8 Å². The molecule has 9 heteroatoms. The summed E-state index contributed by atoms with van der Waals surface area (Å²) in [6.07, 6.45) is 0.211. The van der Waals surface area contributed by atoms with Gasteiger partial charge in [0.2, 0.25) is 0 Å². The van der Waals surface area contributed by atoms with Gasteiger partial charge >= 0.3 is 17.7 Å². The average Bonchev–Trinajstić information content (AvgIpc) is 2.43. The Balaban J connectivity index is 3.11. The van der Waals surface area contributed by atoms with Crippen LogP contribution in [0.25, 0.3) is 6.08 Å². The highest BCUT2D eigenvalue weighted by atomic mass is 16.6. The third-order valence-electron chi connectivity index (χ3n) is 2.58. The number of carbonyl (C=O) groups is 2. The molecule has 0 aliphatic carbocycles. The zero-order valence-corrected chi connectivity index (χ0v) is 13.7. The third-order valence-corrected chi connectivity index (χ3v) is 2.58. The molecular formula is C15H18N2O7. The van der Waals surface area contributed by atoms with Crippen molar-refractivity contribution in [2.75, 3.05) is 7.11 Å². The maximum absolute atomic E-state index is 11.7. The lowest BCUT2D eigenvalue weighted by Crippen LogP contribution is -2.34. The van der Waals surface area contributed by atoms with E-state index in [2.05, 4.69) is 5.32 Å². The molecule has 0 radical (unpaired) electrons. The number of carboxylic acid groups (broad SMARTS) is 1. The molecule has 0 aliphatic heterocycles. The molecule has 24 heavy (non-hydrogen) atoms. The molecule has 0 atom stereocenters. The molecule has 1 amide bonds. The first kappa shape index (κ1) is 18.9. The molecule has 1 rings (SSSR count). The summed E-state index contributed by atoms with van der Waals surface area (Å²) in [5.74, 6) is -1.42. The molecule has 0 aromatic heterocycles. The van der Waals surface area contributed by atoms with E-state index in [1.54, 1.807) is 20.8 Å². The fraction of sp³-hybridized carbons (Fsp3) is 0.333. The molecule has 2 N–H and O–H groups in total. The Hall–Kier alpha value is -3.10. The minimum atomic E-state index is -1.39. The predicted molar refractivity (Wildman–Crippen MR) is 84.6 cm³/mol. The molecule has 9 nitrogen and oxygen atoms in total. The minimum Gasteiger partial charge on any atom is -0.490 e. The predicted octanol–water partition coefficient (Wildman–Crippen LogP) is 2.55. The lowest BCUT2D eigenvalue weighted by Gasteiger charge is -2.19. The number of aliphatic carboxylic acids is 1. The second-order valence-corrected chi connectivity index (χ2v) is 5.68. The number of nitrogens with one attached hydrogen (secondary N) is 1. The largest absolute Gasteiger partial charge is 0.490 e. The van der Waals surface area contributed by atoms with Gasteiger partial charge in [0.25, 0.3) is 0 Å². The summed E-state index contributed by atoms with van der Waals surface area (Å²) in [4.78, 5) is 33.2. The van der Waals surface area contributed by atoms with Crippen LogP contribution in [0.1, 0.15) is 26.3 Å². The van der Waals surface area contributed by atoms with Crippen molar-refractivity contribution in [2.24, 2.45) is 0 Å². The fourth-order valence-electron chi connectivity index (χ4n) is 1.67. The summed E-state index contributed by atoms with van der Waals surface area (Å²) >= 11 is 0. The molecule has 0 fully saturated rings. The minimum absolute atomic E-state index is 0.0317. The number of rotatable bonds is 5. The zero-order chi connectivity index (χ0) is 18.5. The van der Waals surface area contributed by atoms with E-state index in [0.29, 0.717) is 5.56 Å². The van der Waals surface area contributed by atoms with Crippen LogP contribution >= 0.6 is 0 Å². The zero-order valence-electron chi connectivity index (χ0n) is 13.7. The summed E-state index contributed by atoms with van der Waals surface area (Å²) < 4.78 is 9.89. The van der Waals surface area contributed by atoms with Crippen molar-refractivity contribution >= 4 is 23.8 Å². The van der Waals surface area contributed by atoms with Crippen molar-refractivity contribution in [1.29, 1.82) is 0 Å². The highest BCUT2D eigenvalue weighted by Crippen LogP contribution is 2.28. The number of nitro groups is 1. The van der Waals surface area contributed by atoms with E-state index in [4.69, 9.17) is 9.47 Å². The monoisotopic (exact) mass is 338 g/mol. The maximum Gasteiger partial charge on any atom is 0.412 e. The van der Waals surface area contributed by atoms with Crippen molar-refractivity contribution < 1.29 is 29.1 Å². The van der Waals surface area contributed by atoms with Crippen LogP contribution in [0.4, 0.5) is 10.5 Å². The van der Waals surface area contributed by atoms with E-state index < -0.39 is 28.3 Å². The van der Waals surface area contributed by atoms with Crippen LogP contribution in [0, 0.1) is 10.1 Å². The Bertz CT molecular complexity index is 690. The Labute approximate surface area is 138 Å². The summed E-state index contributed by atoms with van der Waals surface area (Å²) in [5, 5.41) is 22.1. The number of alkyl carbamates (subject to hydrolysis) is 1. The highest BCUT2D eigenvalue weighted by molar-refractivity contribution is 5.95. The van der Waals surface area contributed by atoms with Gasteiger partial charge in [-0.15, -0.1) is 0 Å². The van der Waals surface area contributed by atoms with Crippen molar-refractivity contribution in [2.45, 2.75) is 26.4 Å². The molecule has 1 aromatic carbocycles. The number of nitro benzene ring substituents is 1. The average molecular weight is 338 g/mol. The van der Waals surface area contributed by atoms with Gasteiger partial charge in [-0.25, -0.2) is 9.59 Å². The van der Waals surface area contributed by atoms with Crippen LogP contribution < -0.4 is 10.1 Å². The standard InChI is InChI=1S/C15H18N2O7/c1-15(2,3)24-14(20)16-10(13(18)19)7-9-5-6-11(17(21)22)12(8-9)23-4/h5-8H,1-4H3,(H,16,20)(H,18,19)/b10-7+. The van der Waals surface area contributed by atoms with Crippen molar-refractivity contribution in [3.63, 3.8) is 0 Å². The molecule has 0 bridgehead atoms. The molecule has 0 spiro atoms. The Kier molecular flexibility index (Phi) is 5.88. The second-order valence-electron chi connectivity index (χ2n) is 5.68. The molecule has 0 unspecified atom stereocenters. The maximum atomic E-state index is 11.7. The van der Waals surface area contributed by atoms with Crippen molar-refractivity contribution in [1.82, 2.24) is 5.32 Å². The van der Waals surface area contributed by atoms with Gasteiger partial charge in [0.1, 0.15) is 11.3 Å². The number of benzene rings is 1. The van der Waals surface area contributed by atoms with E-state index >= 15 is 0 Å². The lowest BCUT2D eigenvalue weighted by molar-refractivity contribution is -0.385. The SMILES string of the molecule is COc1cc(/C=C(/NC(=O)OC(C)(C)C)C(=O)O)ccc1[N+](=O)[O-]. The van der Waals surface area contributed by atoms with E-state index in [9.17, 15) is 24.8 Å². The van der Waals surface area contributed by atoms with Crippen LogP contribution in [0.5, 0.6) is 5.75 Å². The third kappa shape index (κ3) is 5.59. The van der Waals surface area contributed by atoms with Gasteiger partial charge in [-0.2, -0.15) is 0 Å². The number of carbonyl (C=O) groups excluding carboxylic acids is 1. The van der Waals surface area contributed by atoms with Gasteiger partial charge in [-0.3, -0.25) is 15.4 Å². The summed E-state index contributed by atoms with van der Waals surface area (Å²) in [6.45, 7) is 4.91. The van der Waals surface area contributed by atoms with Crippen molar-refractivity contribution in [3.8, 4) is 5.75 Å². The van der Waals surface area contributed by atoms with E-state index in [1.165, 1.54) is 25.3 Å². The molecular weight excluding hydrogens is 320 g/mol. The molecule has 0 saturated heterocycles. The quantitative estimate of drug-likeness (QED) is 0.479. The number of carboxylic acids is 1. The Morgan fingerprint density at radius 2 is 1.96 bits per heavy atom. The van der Waals surface area contributed by atoms with Gasteiger partial charge in [-0.1, -0.05) is 0 Å². The Morgan fingerprint density at radius 3 is 2.42 bits per heavy atom. The Morgan fingerprint density at radius 1 is 1.33 bits per heavy atom. The van der Waals surface area contributed by atoms with E-state index in [-0.39, 0.29) is 11.4 Å². The van der Waals surface area contributed by atoms with Gasteiger partial charge in [0.15, 0.2) is 5.75 Å². The summed E-state index contributed by atoms with van der Waals surface area (Å²) in [5.41, 5.74) is -1.19. The van der Waals surface area contributed by atoms with Gasteiger partial charge < -0.3 is 14.6 Å². The number of amides is 1. The fourth-order valence-corrected chi connectivity index (χ4v) is 1.67. The number of ether oxygens (including phenoxy) is 2. The summed E-state index contributed by atoms with van der Waals surface area (Å²) in [6, 6.07) is 3.80. The lowest BCUT2D eigenvalue weighted by atomic mass is 10.1. The molecule has 0 aliphatic rings. The summed E-state index contributed by atoms with van der Waals surface area (Å²) in [7, 11) is 1.26. The topological polar surface area (TPSA) is 128 Å². The van der Waals surface area contributed by atoms with Crippen LogP contribution in [0.2, 0.25) is 0 Å². The van der Waals surface area contributed by atoms with Crippen LogP contribution in [0.15, 0.2) is 23.9 Å². The van der Waals surface area contributed by atoms with Gasteiger partial charge in [0.05, 0.1) is 12.0 Å². The van der Waals surface area contributed by atoms with Crippen molar-refractivity contribution in [3.05, 3.63) is 39.6 Å². The smallest absolute Gasteiger partial charge is 0.412 e. The van der Waals surface area contributed by atoms with Gasteiger partial charge in [-0.05, 0) is 44.5 Å². The molecule has 1 aromatic rings. The van der Waals surface area contributed by atoms with E-state index in [0.717, 1.165) is 6.08 Å². The van der Waals surface area contributed by atoms with Crippen LogP contribution in [-0.2, 0) is 9.53 Å². The van der Waals surface area contributed by atoms with Crippen LogP contribution in [0.3, 0.4) is 0 Å². The molecule has 0 saturated carbocycles. The normalized spacial score (nSPS) is 11.6. The number of methoxy groups -OCH3 is 1. The highest BCUT2D eigenvalue weighted by Gasteiger charge is 2.20. The molecule has 130 valence electrons. The van der Waals surface area contributed by atoms with E-state index in [1.807, 2.05) is 0 Å².